The van der Waals surface area contributed by atoms with E-state index in [1.54, 1.807) is 12.4 Å². The summed E-state index contributed by atoms with van der Waals surface area (Å²) in [4.78, 5) is 17.4. The van der Waals surface area contributed by atoms with Crippen LogP contribution in [0.15, 0.2) is 48.8 Å². The Morgan fingerprint density at radius 1 is 1.30 bits per heavy atom. The number of aromatic nitrogens is 1. The van der Waals surface area contributed by atoms with E-state index in [-0.39, 0.29) is 5.92 Å². The van der Waals surface area contributed by atoms with Crippen molar-refractivity contribution >= 4 is 5.97 Å². The number of hydrogen-bond acceptors (Lipinski definition) is 4. The summed E-state index contributed by atoms with van der Waals surface area (Å²) < 4.78 is 5.92. The van der Waals surface area contributed by atoms with Gasteiger partial charge in [-0.2, -0.15) is 0 Å². The van der Waals surface area contributed by atoms with Crippen molar-refractivity contribution < 1.29 is 14.6 Å². The van der Waals surface area contributed by atoms with Crippen molar-refractivity contribution in [3.8, 4) is 11.5 Å². The van der Waals surface area contributed by atoms with Crippen molar-refractivity contribution in [2.75, 3.05) is 13.1 Å². The normalized spacial score (nSPS) is 18.5. The van der Waals surface area contributed by atoms with Gasteiger partial charge in [0.1, 0.15) is 11.5 Å². The summed E-state index contributed by atoms with van der Waals surface area (Å²) in [5, 5.41) is 9.21. The Labute approximate surface area is 135 Å². The molecule has 120 valence electrons. The number of rotatable bonds is 5. The van der Waals surface area contributed by atoms with Crippen LogP contribution in [0, 0.1) is 5.92 Å². The zero-order chi connectivity index (χ0) is 16.1. The van der Waals surface area contributed by atoms with Crippen LogP contribution in [0.25, 0.3) is 0 Å². The highest BCUT2D eigenvalue weighted by atomic mass is 16.5. The molecule has 0 spiro atoms. The summed E-state index contributed by atoms with van der Waals surface area (Å²) in [5.74, 6) is 0.518. The zero-order valence-corrected chi connectivity index (χ0v) is 12.9. The lowest BCUT2D eigenvalue weighted by molar-refractivity contribution is -0.143. The van der Waals surface area contributed by atoms with E-state index >= 15 is 0 Å². The molecule has 3 rings (SSSR count). The Balaban J connectivity index is 1.72. The van der Waals surface area contributed by atoms with E-state index < -0.39 is 5.97 Å². The van der Waals surface area contributed by atoms with Crippen LogP contribution in [-0.4, -0.2) is 34.0 Å². The van der Waals surface area contributed by atoms with E-state index in [0.717, 1.165) is 30.7 Å². The molecule has 1 fully saturated rings. The van der Waals surface area contributed by atoms with Crippen LogP contribution in [0.5, 0.6) is 11.5 Å². The third-order valence-electron chi connectivity index (χ3n) is 4.08. The van der Waals surface area contributed by atoms with Crippen molar-refractivity contribution in [3.05, 3.63) is 54.4 Å². The van der Waals surface area contributed by atoms with Gasteiger partial charge < -0.3 is 9.84 Å². The molecule has 2 heterocycles. The van der Waals surface area contributed by atoms with Gasteiger partial charge in [-0.1, -0.05) is 18.2 Å². The van der Waals surface area contributed by atoms with Gasteiger partial charge in [0.05, 0.1) is 12.1 Å². The summed E-state index contributed by atoms with van der Waals surface area (Å²) in [5.41, 5.74) is 1.06. The largest absolute Gasteiger partial charge is 0.481 e. The summed E-state index contributed by atoms with van der Waals surface area (Å²) in [6, 6.07) is 11.6. The number of para-hydroxylation sites is 1. The van der Waals surface area contributed by atoms with E-state index in [9.17, 15) is 9.90 Å². The van der Waals surface area contributed by atoms with Crippen LogP contribution in [0.1, 0.15) is 18.4 Å². The quantitative estimate of drug-likeness (QED) is 0.919. The van der Waals surface area contributed by atoms with Crippen molar-refractivity contribution in [1.82, 2.24) is 9.88 Å². The van der Waals surface area contributed by atoms with Gasteiger partial charge in [0.2, 0.25) is 0 Å². The second kappa shape index (κ2) is 7.24. The first-order valence-electron chi connectivity index (χ1n) is 7.83. The van der Waals surface area contributed by atoms with Gasteiger partial charge in [-0.3, -0.25) is 14.7 Å². The van der Waals surface area contributed by atoms with E-state index in [0.29, 0.717) is 18.8 Å². The third kappa shape index (κ3) is 4.07. The van der Waals surface area contributed by atoms with Crippen LogP contribution in [0.3, 0.4) is 0 Å². The number of likely N-dealkylation sites (tertiary alicyclic amines) is 1. The molecule has 0 aliphatic carbocycles. The number of nitrogens with zero attached hydrogens (tertiary/aromatic N) is 2. The lowest BCUT2D eigenvalue weighted by Crippen LogP contribution is -2.38. The van der Waals surface area contributed by atoms with Gasteiger partial charge >= 0.3 is 5.97 Å². The summed E-state index contributed by atoms with van der Waals surface area (Å²) >= 11 is 0. The Morgan fingerprint density at radius 3 is 2.96 bits per heavy atom. The Hall–Kier alpha value is -2.40. The SMILES string of the molecule is O=C(O)C1CCCN(Cc2ccccc2Oc2cccnc2)C1. The van der Waals surface area contributed by atoms with Gasteiger partial charge in [0, 0.05) is 24.8 Å². The molecular formula is C18H20N2O3. The molecule has 1 unspecified atom stereocenters. The molecular weight excluding hydrogens is 292 g/mol. The molecule has 1 atom stereocenters. The molecule has 1 aromatic heterocycles. The maximum absolute atomic E-state index is 11.2. The van der Waals surface area contributed by atoms with Crippen LogP contribution in [-0.2, 0) is 11.3 Å². The first-order valence-corrected chi connectivity index (χ1v) is 7.83. The highest BCUT2D eigenvalue weighted by Crippen LogP contribution is 2.27. The number of piperidine rings is 1. The van der Waals surface area contributed by atoms with Crippen LogP contribution >= 0.6 is 0 Å². The predicted molar refractivity (Wildman–Crippen MR) is 86.4 cm³/mol. The van der Waals surface area contributed by atoms with Gasteiger partial charge in [-0.25, -0.2) is 0 Å². The minimum absolute atomic E-state index is 0.268. The average molecular weight is 312 g/mol. The molecule has 23 heavy (non-hydrogen) atoms. The highest BCUT2D eigenvalue weighted by Gasteiger charge is 2.25. The number of carboxylic acids is 1. The van der Waals surface area contributed by atoms with Crippen molar-refractivity contribution in [2.45, 2.75) is 19.4 Å². The van der Waals surface area contributed by atoms with Gasteiger partial charge in [0.15, 0.2) is 0 Å². The number of hydrogen-bond donors (Lipinski definition) is 1. The standard InChI is InChI=1S/C18H20N2O3/c21-18(22)15-6-4-10-20(13-15)12-14-5-1-2-8-17(14)23-16-7-3-9-19-11-16/h1-3,5,7-9,11,15H,4,6,10,12-13H2,(H,21,22). The summed E-state index contributed by atoms with van der Waals surface area (Å²) in [6.07, 6.45) is 5.07. The number of ether oxygens (including phenoxy) is 1. The van der Waals surface area contributed by atoms with Crippen molar-refractivity contribution in [2.24, 2.45) is 5.92 Å². The number of pyridine rings is 1. The highest BCUT2D eigenvalue weighted by molar-refractivity contribution is 5.70. The monoisotopic (exact) mass is 312 g/mol. The lowest BCUT2D eigenvalue weighted by atomic mass is 9.98. The first-order chi connectivity index (χ1) is 11.2. The topological polar surface area (TPSA) is 62.7 Å². The van der Waals surface area contributed by atoms with Crippen LogP contribution < -0.4 is 4.74 Å². The molecule has 2 aromatic rings. The van der Waals surface area contributed by atoms with E-state index in [4.69, 9.17) is 4.74 Å². The molecule has 0 amide bonds. The van der Waals surface area contributed by atoms with Crippen LogP contribution in [0.2, 0.25) is 0 Å². The molecule has 1 N–H and O–H groups in total. The Kier molecular flexibility index (Phi) is 4.88. The maximum Gasteiger partial charge on any atom is 0.307 e. The van der Waals surface area contributed by atoms with E-state index in [2.05, 4.69) is 9.88 Å². The van der Waals surface area contributed by atoms with E-state index in [1.807, 2.05) is 36.4 Å². The average Bonchev–Trinajstić information content (AvgIpc) is 2.58. The molecule has 0 saturated carbocycles. The molecule has 0 radical (unpaired) electrons. The molecule has 1 aliphatic rings. The number of carboxylic acid groups (broad SMARTS) is 1. The lowest BCUT2D eigenvalue weighted by Gasteiger charge is -2.31. The fourth-order valence-electron chi connectivity index (χ4n) is 2.91. The van der Waals surface area contributed by atoms with Crippen molar-refractivity contribution in [1.29, 1.82) is 0 Å². The minimum atomic E-state index is -0.699. The molecule has 1 saturated heterocycles. The fraction of sp³-hybridized carbons (Fsp3) is 0.333. The Bertz CT molecular complexity index is 660. The smallest absolute Gasteiger partial charge is 0.307 e. The zero-order valence-electron chi connectivity index (χ0n) is 12.9. The first kappa shape index (κ1) is 15.5. The van der Waals surface area contributed by atoms with Crippen LogP contribution in [0.4, 0.5) is 0 Å². The molecule has 5 heteroatoms. The second-order valence-corrected chi connectivity index (χ2v) is 5.81. The number of benzene rings is 1. The predicted octanol–water partition coefficient (Wildman–Crippen LogP) is 3.17. The van der Waals surface area contributed by atoms with Crippen molar-refractivity contribution in [3.63, 3.8) is 0 Å². The number of aliphatic carboxylic acids is 1. The van der Waals surface area contributed by atoms with Gasteiger partial charge in [0.25, 0.3) is 0 Å². The third-order valence-corrected chi connectivity index (χ3v) is 4.08. The minimum Gasteiger partial charge on any atom is -0.481 e. The molecule has 5 nitrogen and oxygen atoms in total. The number of carbonyl (C=O) groups is 1. The molecule has 1 aromatic carbocycles. The molecule has 1 aliphatic heterocycles. The Morgan fingerprint density at radius 2 is 2.17 bits per heavy atom. The summed E-state index contributed by atoms with van der Waals surface area (Å²) in [6.45, 7) is 2.21. The fourth-order valence-corrected chi connectivity index (χ4v) is 2.91. The van der Waals surface area contributed by atoms with E-state index in [1.165, 1.54) is 0 Å². The second-order valence-electron chi connectivity index (χ2n) is 5.81. The summed E-state index contributed by atoms with van der Waals surface area (Å²) in [7, 11) is 0. The van der Waals surface area contributed by atoms with Gasteiger partial charge in [-0.15, -0.1) is 0 Å². The maximum atomic E-state index is 11.2. The molecule has 0 bridgehead atoms. The van der Waals surface area contributed by atoms with Gasteiger partial charge in [-0.05, 0) is 37.6 Å².